The maximum absolute atomic E-state index is 14.3. The zero-order chi connectivity index (χ0) is 36.0. The van der Waals surface area contributed by atoms with Crippen LogP contribution in [0.4, 0.5) is 9.59 Å². The van der Waals surface area contributed by atoms with E-state index in [9.17, 15) is 32.4 Å². The molecule has 5 aliphatic rings. The maximum atomic E-state index is 14.3. The van der Waals surface area contributed by atoms with Crippen LogP contribution in [0.1, 0.15) is 82.4 Å². The van der Waals surface area contributed by atoms with Crippen molar-refractivity contribution in [1.29, 1.82) is 0 Å². The topological polar surface area (TPSA) is 181 Å². The standard InChI is InChI=1S/C35H47N5O9S/c1-5-23-17-35(23,31(43)38-50(46,47)25-13-14-25)37-29(41)27-16-24-19-40(27)30(42)28(34(2,3)4)36-32(44)48-15-8-6-7-10-21-11-9-12-22-18-39(20-26(21)22)33(45)49-24/h5,9,11-12,23-25,27-28H,1,6-8,10,13-20H2,2-4H3,(H,36,44)(H,37,41)(H,38,43)/t23?,24-,27+,28-,35-/m1/s1. The van der Waals surface area contributed by atoms with Crippen LogP contribution >= 0.6 is 0 Å². The van der Waals surface area contributed by atoms with E-state index in [1.165, 1.54) is 11.0 Å². The Bertz CT molecular complexity index is 1690. The zero-order valence-electron chi connectivity index (χ0n) is 28.9. The van der Waals surface area contributed by atoms with Crippen LogP contribution in [0.5, 0.6) is 0 Å². The molecule has 0 aromatic heterocycles. The number of nitrogens with zero attached hydrogens (tertiary/aromatic N) is 2. The van der Waals surface area contributed by atoms with Gasteiger partial charge in [0.25, 0.3) is 5.91 Å². The first-order valence-electron chi connectivity index (χ1n) is 17.4. The minimum absolute atomic E-state index is 0.0759. The highest BCUT2D eigenvalue weighted by Crippen LogP contribution is 2.45. The van der Waals surface area contributed by atoms with Crippen molar-refractivity contribution in [2.24, 2.45) is 11.3 Å². The van der Waals surface area contributed by atoms with Gasteiger partial charge in [-0.05, 0) is 67.1 Å². The number of alkyl carbamates (subject to hydrolysis) is 1. The Morgan fingerprint density at radius 3 is 2.50 bits per heavy atom. The molecule has 1 unspecified atom stereocenters. The summed E-state index contributed by atoms with van der Waals surface area (Å²) in [5.74, 6) is -2.70. The number of cyclic esters (lactones) is 1. The first kappa shape index (κ1) is 35.7. The fourth-order valence-electron chi connectivity index (χ4n) is 7.20. The van der Waals surface area contributed by atoms with Gasteiger partial charge in [-0.1, -0.05) is 45.0 Å². The van der Waals surface area contributed by atoms with E-state index in [1.807, 2.05) is 12.1 Å². The third kappa shape index (κ3) is 7.33. The molecular weight excluding hydrogens is 666 g/mol. The maximum Gasteiger partial charge on any atom is 0.410 e. The molecule has 2 saturated carbocycles. The number of fused-ring (bicyclic) bond motifs is 3. The average molecular weight is 714 g/mol. The normalized spacial score (nSPS) is 29.1. The molecule has 4 bridgehead atoms. The van der Waals surface area contributed by atoms with Crippen molar-refractivity contribution in [2.75, 3.05) is 13.2 Å². The van der Waals surface area contributed by atoms with Gasteiger partial charge in [-0.2, -0.15) is 0 Å². The van der Waals surface area contributed by atoms with Gasteiger partial charge in [-0.15, -0.1) is 6.58 Å². The third-order valence-electron chi connectivity index (χ3n) is 10.4. The number of sulfonamides is 1. The summed E-state index contributed by atoms with van der Waals surface area (Å²) in [6, 6.07) is 3.70. The number of carbonyl (C=O) groups excluding carboxylic acids is 5. The molecule has 0 radical (unpaired) electrons. The number of nitrogens with one attached hydrogen (secondary N) is 3. The van der Waals surface area contributed by atoms with E-state index in [4.69, 9.17) is 9.47 Å². The molecule has 50 heavy (non-hydrogen) atoms. The van der Waals surface area contributed by atoms with Crippen molar-refractivity contribution < 1.29 is 41.9 Å². The van der Waals surface area contributed by atoms with Crippen LogP contribution in [-0.2, 0) is 53.4 Å². The first-order chi connectivity index (χ1) is 23.6. The second kappa shape index (κ2) is 13.5. The van der Waals surface area contributed by atoms with E-state index in [1.54, 1.807) is 25.7 Å². The van der Waals surface area contributed by atoms with Crippen LogP contribution in [-0.4, -0.2) is 90.3 Å². The molecule has 0 spiro atoms. The molecule has 272 valence electrons. The van der Waals surface area contributed by atoms with Gasteiger partial charge in [0, 0.05) is 25.4 Å². The van der Waals surface area contributed by atoms with Crippen molar-refractivity contribution in [3.63, 3.8) is 0 Å². The minimum Gasteiger partial charge on any atom is -0.450 e. The molecule has 3 N–H and O–H groups in total. The van der Waals surface area contributed by atoms with Crippen LogP contribution in [0.15, 0.2) is 30.9 Å². The monoisotopic (exact) mass is 713 g/mol. The lowest BCUT2D eigenvalue weighted by Crippen LogP contribution is -2.60. The smallest absolute Gasteiger partial charge is 0.410 e. The van der Waals surface area contributed by atoms with E-state index in [-0.39, 0.29) is 26.0 Å². The summed E-state index contributed by atoms with van der Waals surface area (Å²) < 4.78 is 38.8. The van der Waals surface area contributed by atoms with Crippen LogP contribution in [0.2, 0.25) is 0 Å². The Kier molecular flexibility index (Phi) is 9.66. The molecule has 2 aliphatic carbocycles. The van der Waals surface area contributed by atoms with E-state index in [0.717, 1.165) is 36.0 Å². The van der Waals surface area contributed by atoms with Crippen molar-refractivity contribution in [3.05, 3.63) is 47.5 Å². The van der Waals surface area contributed by atoms with Gasteiger partial charge in [0.05, 0.1) is 18.4 Å². The third-order valence-corrected chi connectivity index (χ3v) is 12.2. The summed E-state index contributed by atoms with van der Waals surface area (Å²) in [5, 5.41) is 4.78. The zero-order valence-corrected chi connectivity index (χ0v) is 29.7. The van der Waals surface area contributed by atoms with Crippen LogP contribution in [0.25, 0.3) is 0 Å². The first-order valence-corrected chi connectivity index (χ1v) is 19.0. The van der Waals surface area contributed by atoms with Crippen LogP contribution < -0.4 is 15.4 Å². The van der Waals surface area contributed by atoms with Gasteiger partial charge in [0.15, 0.2) is 0 Å². The van der Waals surface area contributed by atoms with Crippen LogP contribution in [0.3, 0.4) is 0 Å². The van der Waals surface area contributed by atoms with Gasteiger partial charge in [-0.25, -0.2) is 18.0 Å². The molecule has 6 rings (SSSR count). The van der Waals surface area contributed by atoms with Crippen molar-refractivity contribution in [3.8, 4) is 0 Å². The van der Waals surface area contributed by atoms with Crippen molar-refractivity contribution >= 4 is 39.9 Å². The molecule has 1 aromatic rings. The number of hydrogen-bond donors (Lipinski definition) is 3. The average Bonchev–Trinajstić information content (AvgIpc) is 3.94. The van der Waals surface area contributed by atoms with Gasteiger partial charge >= 0.3 is 12.2 Å². The Balaban J connectivity index is 1.27. The molecule has 3 heterocycles. The Labute approximate surface area is 292 Å². The second-order valence-electron chi connectivity index (χ2n) is 15.2. The largest absolute Gasteiger partial charge is 0.450 e. The highest BCUT2D eigenvalue weighted by atomic mass is 32.2. The number of ether oxygens (including phenoxy) is 2. The Morgan fingerprint density at radius 2 is 1.82 bits per heavy atom. The molecule has 3 aliphatic heterocycles. The molecule has 14 nitrogen and oxygen atoms in total. The predicted molar refractivity (Wildman–Crippen MR) is 181 cm³/mol. The number of aryl methyl sites for hydroxylation is 1. The SMILES string of the molecule is C=CC1C[C@]1(NC(=O)[C@@H]1C[C@@H]2CN1C(=O)[C@H](C(C)(C)C)NC(=O)OCCCCCc1cccc3c1CN(C3)C(=O)O2)C(=O)NS(=O)(=O)C1CC1. The molecular formula is C35H47N5O9S. The summed E-state index contributed by atoms with van der Waals surface area (Å²) >= 11 is 0. The molecule has 5 atom stereocenters. The number of carbonyl (C=O) groups is 5. The van der Waals surface area contributed by atoms with Crippen LogP contribution in [0, 0.1) is 11.3 Å². The fourth-order valence-corrected chi connectivity index (χ4v) is 8.56. The van der Waals surface area contributed by atoms with E-state index < -0.39 is 80.2 Å². The Hall–Kier alpha value is -4.14. The number of benzene rings is 1. The van der Waals surface area contributed by atoms with E-state index in [0.29, 0.717) is 32.4 Å². The van der Waals surface area contributed by atoms with Gasteiger partial charge in [-0.3, -0.25) is 24.0 Å². The quantitative estimate of drug-likeness (QED) is 0.374. The summed E-state index contributed by atoms with van der Waals surface area (Å²) in [6.45, 7) is 9.83. The van der Waals surface area contributed by atoms with Crippen molar-refractivity contribution in [1.82, 2.24) is 25.2 Å². The molecule has 15 heteroatoms. The number of rotatable bonds is 6. The molecule has 1 aromatic carbocycles. The number of hydrogen-bond acceptors (Lipinski definition) is 9. The summed E-state index contributed by atoms with van der Waals surface area (Å²) in [4.78, 5) is 71.2. The summed E-state index contributed by atoms with van der Waals surface area (Å²) in [5.41, 5.74) is 0.888. The number of amides is 5. The minimum atomic E-state index is -3.90. The highest BCUT2D eigenvalue weighted by Gasteiger charge is 2.62. The van der Waals surface area contributed by atoms with Crippen molar-refractivity contribution in [2.45, 2.75) is 114 Å². The van der Waals surface area contributed by atoms with E-state index in [2.05, 4.69) is 28.0 Å². The molecule has 5 amide bonds. The van der Waals surface area contributed by atoms with E-state index >= 15 is 0 Å². The Morgan fingerprint density at radius 1 is 1.08 bits per heavy atom. The van der Waals surface area contributed by atoms with Gasteiger partial charge < -0.3 is 25.0 Å². The molecule has 1 saturated heterocycles. The fraction of sp³-hybridized carbons (Fsp3) is 0.629. The van der Waals surface area contributed by atoms with Gasteiger partial charge in [0.2, 0.25) is 21.8 Å². The second-order valence-corrected chi connectivity index (χ2v) is 17.2. The van der Waals surface area contributed by atoms with Gasteiger partial charge in [0.1, 0.15) is 23.7 Å². The lowest BCUT2D eigenvalue weighted by Gasteiger charge is -2.35. The highest BCUT2D eigenvalue weighted by molar-refractivity contribution is 7.91. The molecule has 3 fully saturated rings. The summed E-state index contributed by atoms with van der Waals surface area (Å²) in [7, 11) is -3.90. The predicted octanol–water partition coefficient (Wildman–Crippen LogP) is 2.64. The lowest BCUT2D eigenvalue weighted by molar-refractivity contribution is -0.142. The summed E-state index contributed by atoms with van der Waals surface area (Å²) in [6.07, 6.45) is 3.35. The lowest BCUT2D eigenvalue weighted by atomic mass is 9.85.